The van der Waals surface area contributed by atoms with Crippen LogP contribution in [0.3, 0.4) is 0 Å². The van der Waals surface area contributed by atoms with Gasteiger partial charge in [-0.3, -0.25) is 15.0 Å². The maximum Gasteiger partial charge on any atom is 0.274 e. The van der Waals surface area contributed by atoms with Crippen molar-refractivity contribution < 1.29 is 19.2 Å². The summed E-state index contributed by atoms with van der Waals surface area (Å²) < 4.78 is 11.1. The van der Waals surface area contributed by atoms with Gasteiger partial charge < -0.3 is 14.3 Å². The molecule has 1 aromatic heterocycles. The lowest BCUT2D eigenvalue weighted by molar-refractivity contribution is -0.384. The first-order valence-electron chi connectivity index (χ1n) is 7.72. The number of furan rings is 1. The Bertz CT molecular complexity index is 778. The second kappa shape index (κ2) is 4.94. The van der Waals surface area contributed by atoms with Gasteiger partial charge in [0.25, 0.3) is 5.69 Å². The first-order valence-corrected chi connectivity index (χ1v) is 7.72. The van der Waals surface area contributed by atoms with Crippen LogP contribution in [0.5, 0.6) is 5.75 Å². The van der Waals surface area contributed by atoms with E-state index in [-0.39, 0.29) is 11.6 Å². The first-order chi connectivity index (χ1) is 11.0. The number of nitro benzene ring substituents is 1. The molecule has 7 heteroatoms. The number of ether oxygens (including phenoxy) is 1. The zero-order chi connectivity index (χ0) is 16.2. The van der Waals surface area contributed by atoms with Crippen LogP contribution in [-0.4, -0.2) is 41.7 Å². The van der Waals surface area contributed by atoms with Gasteiger partial charge in [-0.2, -0.15) is 0 Å². The molecule has 7 nitrogen and oxygen atoms in total. The zero-order valence-electron chi connectivity index (χ0n) is 12.8. The Hall–Kier alpha value is -2.12. The number of rotatable bonds is 3. The largest absolute Gasteiger partial charge is 0.493 e. The fourth-order valence-electron chi connectivity index (χ4n) is 3.89. The Labute approximate surface area is 132 Å². The molecule has 0 amide bonds. The number of nitrogens with zero attached hydrogens (tertiary/aromatic N) is 2. The summed E-state index contributed by atoms with van der Waals surface area (Å²) in [6, 6.07) is 4.51. The molecule has 1 N–H and O–H groups in total. The quantitative estimate of drug-likeness (QED) is 0.690. The molecule has 122 valence electrons. The highest BCUT2D eigenvalue weighted by molar-refractivity contribution is 5.86. The monoisotopic (exact) mass is 318 g/mol. The number of benzene rings is 1. The van der Waals surface area contributed by atoms with Gasteiger partial charge in [0.05, 0.1) is 18.1 Å². The van der Waals surface area contributed by atoms with Crippen LogP contribution in [0, 0.1) is 16.0 Å². The van der Waals surface area contributed by atoms with Crippen molar-refractivity contribution in [3.63, 3.8) is 0 Å². The fourth-order valence-corrected chi connectivity index (χ4v) is 3.89. The molecule has 2 aromatic rings. The summed E-state index contributed by atoms with van der Waals surface area (Å²) in [5.74, 6) is 0.945. The molecular weight excluding hydrogens is 300 g/mol. The Balaban J connectivity index is 1.84. The van der Waals surface area contributed by atoms with E-state index in [1.807, 2.05) is 0 Å². The Kier molecular flexibility index (Phi) is 3.11. The predicted octanol–water partition coefficient (Wildman–Crippen LogP) is 2.26. The third-order valence-corrected chi connectivity index (χ3v) is 5.15. The normalized spacial score (nSPS) is 29.8. The fraction of sp³-hybridized carbons (Fsp3) is 0.500. The van der Waals surface area contributed by atoms with E-state index < -0.39 is 10.5 Å². The van der Waals surface area contributed by atoms with Crippen LogP contribution in [0.25, 0.3) is 11.0 Å². The Morgan fingerprint density at radius 1 is 1.39 bits per heavy atom. The van der Waals surface area contributed by atoms with Crippen molar-refractivity contribution in [2.45, 2.75) is 18.4 Å². The maximum atomic E-state index is 11.2. The third kappa shape index (κ3) is 2.11. The van der Waals surface area contributed by atoms with E-state index in [1.54, 1.807) is 6.07 Å². The van der Waals surface area contributed by atoms with E-state index in [9.17, 15) is 15.2 Å². The number of non-ortho nitro benzene ring substituents is 1. The second-order valence-electron chi connectivity index (χ2n) is 6.41. The number of fused-ring (bicyclic) bond motifs is 4. The Morgan fingerprint density at radius 3 is 2.70 bits per heavy atom. The van der Waals surface area contributed by atoms with Crippen LogP contribution >= 0.6 is 0 Å². The van der Waals surface area contributed by atoms with E-state index in [1.165, 1.54) is 19.2 Å². The second-order valence-corrected chi connectivity index (χ2v) is 6.41. The average molecular weight is 318 g/mol. The number of hydrogen-bond acceptors (Lipinski definition) is 6. The van der Waals surface area contributed by atoms with Gasteiger partial charge in [0, 0.05) is 18.0 Å². The molecule has 0 radical (unpaired) electrons. The topological polar surface area (TPSA) is 89.0 Å². The molecule has 5 rings (SSSR count). The van der Waals surface area contributed by atoms with Crippen LogP contribution in [0.15, 0.2) is 22.6 Å². The summed E-state index contributed by atoms with van der Waals surface area (Å²) >= 11 is 0. The molecule has 1 aromatic carbocycles. The van der Waals surface area contributed by atoms with Crippen LogP contribution in [0.4, 0.5) is 5.69 Å². The lowest BCUT2D eigenvalue weighted by Crippen LogP contribution is -2.56. The average Bonchev–Trinajstić information content (AvgIpc) is 2.99. The van der Waals surface area contributed by atoms with Gasteiger partial charge in [-0.25, -0.2) is 0 Å². The molecule has 23 heavy (non-hydrogen) atoms. The summed E-state index contributed by atoms with van der Waals surface area (Å²) in [7, 11) is 1.45. The minimum absolute atomic E-state index is 0.0531. The molecule has 1 atom stereocenters. The van der Waals surface area contributed by atoms with Gasteiger partial charge in [-0.15, -0.1) is 0 Å². The van der Waals surface area contributed by atoms with E-state index in [0.29, 0.717) is 29.0 Å². The van der Waals surface area contributed by atoms with Gasteiger partial charge in [-0.05, 0) is 37.9 Å². The number of hydrogen-bond donors (Lipinski definition) is 1. The van der Waals surface area contributed by atoms with Gasteiger partial charge in [-0.1, -0.05) is 0 Å². The molecule has 3 saturated heterocycles. The highest BCUT2D eigenvalue weighted by Gasteiger charge is 2.48. The lowest BCUT2D eigenvalue weighted by atomic mass is 9.74. The molecule has 0 spiro atoms. The number of piperidine rings is 3. The van der Waals surface area contributed by atoms with E-state index >= 15 is 0 Å². The van der Waals surface area contributed by atoms with Gasteiger partial charge in [0.1, 0.15) is 11.4 Å². The van der Waals surface area contributed by atoms with Crippen LogP contribution in [0.2, 0.25) is 0 Å². The number of methoxy groups -OCH3 is 1. The SMILES string of the molecule is COc1cc([N+](=O)[O-])cc2cc(C3(O)CN4CCC3CC4)oc12. The summed E-state index contributed by atoms with van der Waals surface area (Å²) in [6.45, 7) is 2.55. The minimum Gasteiger partial charge on any atom is -0.493 e. The van der Waals surface area contributed by atoms with Crippen LogP contribution in [-0.2, 0) is 5.60 Å². The van der Waals surface area contributed by atoms with Crippen molar-refractivity contribution in [2.75, 3.05) is 26.7 Å². The van der Waals surface area contributed by atoms with Crippen molar-refractivity contribution in [1.82, 2.24) is 4.90 Å². The molecular formula is C16H18N2O5. The van der Waals surface area contributed by atoms with Crippen molar-refractivity contribution >= 4 is 16.7 Å². The van der Waals surface area contributed by atoms with Crippen molar-refractivity contribution in [1.29, 1.82) is 0 Å². The first kappa shape index (κ1) is 14.5. The van der Waals surface area contributed by atoms with Gasteiger partial charge in [0.2, 0.25) is 0 Å². The smallest absolute Gasteiger partial charge is 0.274 e. The highest BCUT2D eigenvalue weighted by atomic mass is 16.6. The van der Waals surface area contributed by atoms with E-state index in [2.05, 4.69) is 4.90 Å². The molecule has 3 fully saturated rings. The lowest BCUT2D eigenvalue weighted by Gasteiger charge is -2.49. The summed E-state index contributed by atoms with van der Waals surface area (Å²) in [6.07, 6.45) is 1.87. The standard InChI is InChI=1S/C16H18N2O5/c1-22-13-8-12(18(20)21)6-10-7-14(23-15(10)13)16(19)9-17-4-2-11(16)3-5-17/h6-8,11,19H,2-5,9H2,1H3. The molecule has 3 aliphatic rings. The molecule has 2 bridgehead atoms. The molecule has 4 heterocycles. The van der Waals surface area contributed by atoms with Gasteiger partial charge in [0.15, 0.2) is 11.3 Å². The number of aliphatic hydroxyl groups is 1. The van der Waals surface area contributed by atoms with Crippen LogP contribution in [0.1, 0.15) is 18.6 Å². The van der Waals surface area contributed by atoms with Crippen molar-refractivity contribution in [3.05, 3.63) is 34.1 Å². The number of nitro groups is 1. The summed E-state index contributed by atoms with van der Waals surface area (Å²) in [5, 5.41) is 22.8. The Morgan fingerprint density at radius 2 is 2.13 bits per heavy atom. The molecule has 0 aliphatic carbocycles. The minimum atomic E-state index is -1.03. The summed E-state index contributed by atoms with van der Waals surface area (Å²) in [5.41, 5.74) is -0.643. The molecule has 3 aliphatic heterocycles. The van der Waals surface area contributed by atoms with Crippen molar-refractivity contribution in [3.8, 4) is 5.75 Å². The van der Waals surface area contributed by atoms with E-state index in [0.717, 1.165) is 25.9 Å². The van der Waals surface area contributed by atoms with Gasteiger partial charge >= 0.3 is 0 Å². The summed E-state index contributed by atoms with van der Waals surface area (Å²) in [4.78, 5) is 12.8. The zero-order valence-corrected chi connectivity index (χ0v) is 12.8. The molecule has 0 saturated carbocycles. The molecule has 1 unspecified atom stereocenters. The van der Waals surface area contributed by atoms with E-state index in [4.69, 9.17) is 9.15 Å². The maximum absolute atomic E-state index is 11.2. The highest BCUT2D eigenvalue weighted by Crippen LogP contribution is 2.45. The van der Waals surface area contributed by atoms with Crippen molar-refractivity contribution in [2.24, 2.45) is 5.92 Å². The third-order valence-electron chi connectivity index (χ3n) is 5.15. The predicted molar refractivity (Wildman–Crippen MR) is 82.5 cm³/mol. The van der Waals surface area contributed by atoms with Crippen LogP contribution < -0.4 is 4.74 Å².